The average Bonchev–Trinajstić information content (AvgIpc) is 2.79. The smallest absolute Gasteiger partial charge is 0.165 e. The second-order valence-corrected chi connectivity index (χ2v) is 5.45. The molecule has 2 N–H and O–H groups in total. The average molecular weight is 266 g/mol. The molecule has 0 spiro atoms. The molecule has 0 amide bonds. The molecule has 0 aromatic heterocycles. The minimum atomic E-state index is -0.297. The molecule has 1 fully saturated rings. The second-order valence-electron chi connectivity index (χ2n) is 5.45. The maximum Gasteiger partial charge on any atom is 0.165 e. The summed E-state index contributed by atoms with van der Waals surface area (Å²) in [5, 5.41) is 0. The van der Waals surface area contributed by atoms with E-state index < -0.39 is 0 Å². The predicted octanol–water partition coefficient (Wildman–Crippen LogP) is 2.56. The molecule has 0 aliphatic carbocycles. The summed E-state index contributed by atoms with van der Waals surface area (Å²) in [4.78, 5) is 2.40. The summed E-state index contributed by atoms with van der Waals surface area (Å²) >= 11 is 0. The second kappa shape index (κ2) is 5.88. The van der Waals surface area contributed by atoms with E-state index in [2.05, 4.69) is 18.7 Å². The van der Waals surface area contributed by atoms with Gasteiger partial charge in [-0.05, 0) is 50.4 Å². The Hall–Kier alpha value is -1.13. The molecule has 1 aliphatic rings. The van der Waals surface area contributed by atoms with Crippen molar-refractivity contribution in [2.75, 3.05) is 20.2 Å². The molecular formula is C15H23FN2O. The molecular weight excluding hydrogens is 243 g/mol. The quantitative estimate of drug-likeness (QED) is 0.910. The summed E-state index contributed by atoms with van der Waals surface area (Å²) < 4.78 is 18.7. The number of rotatable bonds is 4. The van der Waals surface area contributed by atoms with Crippen molar-refractivity contribution in [1.82, 2.24) is 4.90 Å². The Morgan fingerprint density at radius 3 is 2.79 bits per heavy atom. The Morgan fingerprint density at radius 2 is 2.26 bits per heavy atom. The van der Waals surface area contributed by atoms with Crippen LogP contribution in [-0.4, -0.2) is 31.1 Å². The van der Waals surface area contributed by atoms with E-state index in [0.29, 0.717) is 17.7 Å². The van der Waals surface area contributed by atoms with Gasteiger partial charge in [0.1, 0.15) is 0 Å². The van der Waals surface area contributed by atoms with E-state index in [4.69, 9.17) is 10.5 Å². The number of nitrogens with two attached hydrogens (primary N) is 1. The summed E-state index contributed by atoms with van der Waals surface area (Å²) in [5.41, 5.74) is 6.74. The zero-order valence-electron chi connectivity index (χ0n) is 11.9. The Kier molecular flexibility index (Phi) is 4.42. The van der Waals surface area contributed by atoms with Crippen molar-refractivity contribution in [3.8, 4) is 5.75 Å². The van der Waals surface area contributed by atoms with Crippen LogP contribution >= 0.6 is 0 Å². The fourth-order valence-electron chi connectivity index (χ4n) is 3.01. The molecule has 0 radical (unpaired) electrons. The molecule has 19 heavy (non-hydrogen) atoms. The van der Waals surface area contributed by atoms with E-state index in [1.54, 1.807) is 12.1 Å². The molecule has 106 valence electrons. The molecule has 1 heterocycles. The van der Waals surface area contributed by atoms with E-state index in [-0.39, 0.29) is 11.9 Å². The summed E-state index contributed by atoms with van der Waals surface area (Å²) in [6, 6.07) is 5.91. The molecule has 1 aliphatic heterocycles. The molecule has 1 aromatic rings. The zero-order valence-corrected chi connectivity index (χ0v) is 11.9. The number of methoxy groups -OCH3 is 1. The molecule has 1 aromatic carbocycles. The van der Waals surface area contributed by atoms with Gasteiger partial charge < -0.3 is 10.5 Å². The van der Waals surface area contributed by atoms with Crippen LogP contribution in [0, 0.1) is 11.7 Å². The highest BCUT2D eigenvalue weighted by atomic mass is 19.1. The summed E-state index contributed by atoms with van der Waals surface area (Å²) in [7, 11) is 1.48. The molecule has 1 saturated heterocycles. The van der Waals surface area contributed by atoms with E-state index in [9.17, 15) is 4.39 Å². The molecule has 4 heteroatoms. The maximum absolute atomic E-state index is 13.8. The van der Waals surface area contributed by atoms with Crippen molar-refractivity contribution in [3.05, 3.63) is 29.6 Å². The van der Waals surface area contributed by atoms with E-state index in [0.717, 1.165) is 25.1 Å². The lowest BCUT2D eigenvalue weighted by atomic mass is 10.1. The van der Waals surface area contributed by atoms with Crippen LogP contribution in [0.2, 0.25) is 0 Å². The van der Waals surface area contributed by atoms with Gasteiger partial charge in [0, 0.05) is 18.6 Å². The van der Waals surface area contributed by atoms with E-state index in [1.807, 2.05) is 6.07 Å². The van der Waals surface area contributed by atoms with Crippen LogP contribution in [0.15, 0.2) is 18.2 Å². The normalized spacial score (nSPS) is 25.5. The Labute approximate surface area is 114 Å². The molecule has 3 atom stereocenters. The Bertz CT molecular complexity index is 438. The predicted molar refractivity (Wildman–Crippen MR) is 74.7 cm³/mol. The van der Waals surface area contributed by atoms with Crippen molar-refractivity contribution in [2.24, 2.45) is 11.7 Å². The van der Waals surface area contributed by atoms with Gasteiger partial charge >= 0.3 is 0 Å². The van der Waals surface area contributed by atoms with E-state index >= 15 is 0 Å². The zero-order chi connectivity index (χ0) is 14.0. The number of hydrogen-bond donors (Lipinski definition) is 1. The van der Waals surface area contributed by atoms with Crippen molar-refractivity contribution < 1.29 is 9.13 Å². The number of benzene rings is 1. The van der Waals surface area contributed by atoms with Crippen LogP contribution in [-0.2, 0) is 0 Å². The maximum atomic E-state index is 13.8. The lowest BCUT2D eigenvalue weighted by Gasteiger charge is -2.29. The first-order valence-corrected chi connectivity index (χ1v) is 6.86. The van der Waals surface area contributed by atoms with Crippen molar-refractivity contribution in [3.63, 3.8) is 0 Å². The van der Waals surface area contributed by atoms with Crippen LogP contribution in [0.3, 0.4) is 0 Å². The van der Waals surface area contributed by atoms with Gasteiger partial charge in [-0.15, -0.1) is 0 Å². The van der Waals surface area contributed by atoms with Crippen LogP contribution in [0.1, 0.15) is 31.9 Å². The van der Waals surface area contributed by atoms with Gasteiger partial charge in [0.2, 0.25) is 0 Å². The minimum absolute atomic E-state index is 0.201. The first kappa shape index (κ1) is 14.3. The molecule has 3 nitrogen and oxygen atoms in total. The third-order valence-electron chi connectivity index (χ3n) is 4.20. The van der Waals surface area contributed by atoms with Crippen molar-refractivity contribution in [2.45, 2.75) is 32.4 Å². The number of nitrogens with zero attached hydrogens (tertiary/aromatic N) is 1. The van der Waals surface area contributed by atoms with Gasteiger partial charge in [0.05, 0.1) is 7.11 Å². The molecule has 3 unspecified atom stereocenters. The molecule has 2 rings (SSSR count). The lowest BCUT2D eigenvalue weighted by Crippen LogP contribution is -2.30. The third-order valence-corrected chi connectivity index (χ3v) is 4.20. The molecule has 0 saturated carbocycles. The summed E-state index contributed by atoms with van der Waals surface area (Å²) in [5.74, 6) is 0.555. The number of likely N-dealkylation sites (tertiary alicyclic amines) is 1. The largest absolute Gasteiger partial charge is 0.494 e. The number of hydrogen-bond acceptors (Lipinski definition) is 3. The van der Waals surface area contributed by atoms with Gasteiger partial charge in [0.15, 0.2) is 11.6 Å². The SMILES string of the molecule is COc1ccc(C(C)N2CC(CN)CC2C)cc1F. The highest BCUT2D eigenvalue weighted by Crippen LogP contribution is 2.32. The van der Waals surface area contributed by atoms with Crippen LogP contribution in [0.4, 0.5) is 4.39 Å². The van der Waals surface area contributed by atoms with Gasteiger partial charge in [-0.2, -0.15) is 0 Å². The van der Waals surface area contributed by atoms with Gasteiger partial charge in [-0.3, -0.25) is 4.90 Å². The Balaban J connectivity index is 2.15. The summed E-state index contributed by atoms with van der Waals surface area (Å²) in [6.45, 7) is 6.06. The lowest BCUT2D eigenvalue weighted by molar-refractivity contribution is 0.200. The first-order valence-electron chi connectivity index (χ1n) is 6.86. The fraction of sp³-hybridized carbons (Fsp3) is 0.600. The van der Waals surface area contributed by atoms with Crippen molar-refractivity contribution in [1.29, 1.82) is 0 Å². The third kappa shape index (κ3) is 2.90. The topological polar surface area (TPSA) is 38.5 Å². The van der Waals surface area contributed by atoms with Crippen molar-refractivity contribution >= 4 is 0 Å². The fourth-order valence-corrected chi connectivity index (χ4v) is 3.01. The minimum Gasteiger partial charge on any atom is -0.494 e. The highest BCUT2D eigenvalue weighted by Gasteiger charge is 2.32. The Morgan fingerprint density at radius 1 is 1.53 bits per heavy atom. The van der Waals surface area contributed by atoms with Gasteiger partial charge in [-0.25, -0.2) is 4.39 Å². The highest BCUT2D eigenvalue weighted by molar-refractivity contribution is 5.31. The van der Waals surface area contributed by atoms with Crippen LogP contribution < -0.4 is 10.5 Å². The van der Waals surface area contributed by atoms with Crippen LogP contribution in [0.25, 0.3) is 0 Å². The monoisotopic (exact) mass is 266 g/mol. The number of halogens is 1. The first-order chi connectivity index (χ1) is 9.06. The van der Waals surface area contributed by atoms with Gasteiger partial charge in [-0.1, -0.05) is 6.07 Å². The van der Waals surface area contributed by atoms with E-state index in [1.165, 1.54) is 7.11 Å². The standard InChI is InChI=1S/C15H23FN2O/c1-10-6-12(8-17)9-18(10)11(2)13-4-5-15(19-3)14(16)7-13/h4-5,7,10-12H,6,8-9,17H2,1-3H3. The summed E-state index contributed by atoms with van der Waals surface area (Å²) in [6.07, 6.45) is 1.12. The number of ether oxygens (including phenoxy) is 1. The van der Waals surface area contributed by atoms with Gasteiger partial charge in [0.25, 0.3) is 0 Å². The molecule has 0 bridgehead atoms. The van der Waals surface area contributed by atoms with Crippen LogP contribution in [0.5, 0.6) is 5.75 Å².